The molecule has 2 heterocycles. The molecule has 5 nitrogen and oxygen atoms in total. The van der Waals surface area contributed by atoms with Crippen molar-refractivity contribution in [3.63, 3.8) is 0 Å². The summed E-state index contributed by atoms with van der Waals surface area (Å²) in [6, 6.07) is 14.8. The summed E-state index contributed by atoms with van der Waals surface area (Å²) < 4.78 is 11.2. The fraction of sp³-hybridized carbons (Fsp3) is 0.200. The van der Waals surface area contributed by atoms with Crippen molar-refractivity contribution >= 4 is 16.9 Å². The number of benzene rings is 2. The van der Waals surface area contributed by atoms with E-state index < -0.39 is 5.92 Å². The van der Waals surface area contributed by atoms with Crippen LogP contribution in [0.1, 0.15) is 30.4 Å². The number of nitrogens with one attached hydrogen (secondary N) is 1. The topological polar surface area (TPSA) is 68.4 Å². The van der Waals surface area contributed by atoms with Gasteiger partial charge in [-0.15, -0.1) is 0 Å². The number of carbonyl (C=O) groups is 1. The highest BCUT2D eigenvalue weighted by atomic mass is 16.5. The molecule has 0 unspecified atom stereocenters. The van der Waals surface area contributed by atoms with Gasteiger partial charge in [-0.3, -0.25) is 9.59 Å². The summed E-state index contributed by atoms with van der Waals surface area (Å²) in [5, 5.41) is 0.726. The monoisotopic (exact) mass is 335 g/mol. The fourth-order valence-corrected chi connectivity index (χ4v) is 3.40. The molecule has 1 N–H and O–H groups in total. The van der Waals surface area contributed by atoms with E-state index >= 15 is 0 Å². The summed E-state index contributed by atoms with van der Waals surface area (Å²) in [5.41, 5.74) is 1.71. The first-order valence-corrected chi connectivity index (χ1v) is 8.26. The molecular formula is C20H17NO4. The molecule has 3 aromatic rings. The number of pyridine rings is 1. The summed E-state index contributed by atoms with van der Waals surface area (Å²) in [5.74, 6) is 0.294. The van der Waals surface area contributed by atoms with Crippen LogP contribution in [0.15, 0.2) is 53.3 Å². The van der Waals surface area contributed by atoms with Crippen LogP contribution in [-0.2, 0) is 4.79 Å². The highest BCUT2D eigenvalue weighted by molar-refractivity contribution is 5.91. The Morgan fingerprint density at radius 3 is 2.72 bits per heavy atom. The van der Waals surface area contributed by atoms with Crippen molar-refractivity contribution in [3.8, 4) is 11.5 Å². The number of aromatic amines is 1. The van der Waals surface area contributed by atoms with Crippen molar-refractivity contribution in [1.29, 1.82) is 0 Å². The predicted octanol–water partition coefficient (Wildman–Crippen LogP) is 3.37. The molecule has 0 aliphatic carbocycles. The Morgan fingerprint density at radius 1 is 1.12 bits per heavy atom. The van der Waals surface area contributed by atoms with E-state index in [0.717, 1.165) is 10.9 Å². The van der Waals surface area contributed by atoms with E-state index in [0.29, 0.717) is 29.2 Å². The zero-order valence-electron chi connectivity index (χ0n) is 13.7. The van der Waals surface area contributed by atoms with Crippen LogP contribution < -0.4 is 15.0 Å². The maximum Gasteiger partial charge on any atom is 0.312 e. The van der Waals surface area contributed by atoms with Crippen LogP contribution in [0.25, 0.3) is 10.9 Å². The molecule has 0 spiro atoms. The van der Waals surface area contributed by atoms with Crippen molar-refractivity contribution in [2.75, 3.05) is 6.61 Å². The van der Waals surface area contributed by atoms with E-state index in [4.69, 9.17) is 9.47 Å². The van der Waals surface area contributed by atoms with Gasteiger partial charge in [-0.1, -0.05) is 30.3 Å². The molecule has 1 atom stereocenters. The standard InChI is InChI=1S/C20H17NO4/c1-2-24-16-10-6-4-7-12(16)14-11-17(22)25-19-13-8-3-5-9-15(13)21-20(23)18(14)19/h3-10,14H,2,11H2,1H3,(H,21,23)/t14-/m0/s1. The molecule has 1 aliphatic rings. The van der Waals surface area contributed by atoms with Crippen molar-refractivity contribution in [2.24, 2.45) is 0 Å². The minimum absolute atomic E-state index is 0.110. The van der Waals surface area contributed by atoms with Crippen LogP contribution >= 0.6 is 0 Å². The lowest BCUT2D eigenvalue weighted by atomic mass is 9.86. The van der Waals surface area contributed by atoms with Crippen molar-refractivity contribution in [3.05, 3.63) is 70.0 Å². The van der Waals surface area contributed by atoms with Crippen LogP contribution in [0.2, 0.25) is 0 Å². The lowest BCUT2D eigenvalue weighted by molar-refractivity contribution is -0.135. The number of esters is 1. The maximum atomic E-state index is 12.7. The maximum absolute atomic E-state index is 12.7. The molecule has 1 aliphatic heterocycles. The van der Waals surface area contributed by atoms with Crippen molar-refractivity contribution in [1.82, 2.24) is 4.98 Å². The molecule has 5 heteroatoms. The van der Waals surface area contributed by atoms with Crippen LogP contribution in [0.5, 0.6) is 11.5 Å². The van der Waals surface area contributed by atoms with Crippen molar-refractivity contribution in [2.45, 2.75) is 19.3 Å². The minimum Gasteiger partial charge on any atom is -0.494 e. The number of rotatable bonds is 3. The molecule has 4 rings (SSSR count). The molecule has 0 saturated carbocycles. The van der Waals surface area contributed by atoms with Crippen LogP contribution in [-0.4, -0.2) is 17.6 Å². The Balaban J connectivity index is 1.98. The van der Waals surface area contributed by atoms with E-state index in [-0.39, 0.29) is 17.9 Å². The fourth-order valence-electron chi connectivity index (χ4n) is 3.40. The van der Waals surface area contributed by atoms with Gasteiger partial charge in [-0.25, -0.2) is 0 Å². The van der Waals surface area contributed by atoms with Gasteiger partial charge in [0.2, 0.25) is 0 Å². The average Bonchev–Trinajstić information content (AvgIpc) is 2.62. The molecule has 2 aromatic carbocycles. The van der Waals surface area contributed by atoms with Crippen LogP contribution in [0.4, 0.5) is 0 Å². The Hall–Kier alpha value is -3.08. The Bertz CT molecular complexity index is 1020. The second-order valence-corrected chi connectivity index (χ2v) is 5.94. The third-order valence-corrected chi connectivity index (χ3v) is 4.44. The SMILES string of the molecule is CCOc1ccccc1[C@@H]1CC(=O)Oc2c1c(=O)[nH]c1ccccc21. The Morgan fingerprint density at radius 2 is 1.88 bits per heavy atom. The van der Waals surface area contributed by atoms with E-state index in [2.05, 4.69) is 4.98 Å². The summed E-state index contributed by atoms with van der Waals surface area (Å²) in [6.07, 6.45) is 0.110. The van der Waals surface area contributed by atoms with Gasteiger partial charge in [-0.05, 0) is 25.1 Å². The number of H-pyrrole nitrogens is 1. The second kappa shape index (κ2) is 6.09. The molecule has 0 bridgehead atoms. The van der Waals surface area contributed by atoms with E-state index in [1.807, 2.05) is 49.4 Å². The lowest BCUT2D eigenvalue weighted by Crippen LogP contribution is -2.28. The highest BCUT2D eigenvalue weighted by Gasteiger charge is 2.34. The molecule has 0 fully saturated rings. The third kappa shape index (κ3) is 2.58. The zero-order valence-corrected chi connectivity index (χ0v) is 13.7. The first kappa shape index (κ1) is 15.4. The minimum atomic E-state index is -0.396. The molecular weight excluding hydrogens is 318 g/mol. The smallest absolute Gasteiger partial charge is 0.312 e. The number of carbonyl (C=O) groups excluding carboxylic acids is 1. The quantitative estimate of drug-likeness (QED) is 0.745. The number of para-hydroxylation sites is 2. The number of fused-ring (bicyclic) bond motifs is 3. The van der Waals surface area contributed by atoms with Crippen LogP contribution in [0.3, 0.4) is 0 Å². The van der Waals surface area contributed by atoms with E-state index in [1.165, 1.54) is 0 Å². The van der Waals surface area contributed by atoms with Gasteiger partial charge < -0.3 is 14.5 Å². The lowest BCUT2D eigenvalue weighted by Gasteiger charge is -2.26. The van der Waals surface area contributed by atoms with Crippen LogP contribution in [0, 0.1) is 0 Å². The molecule has 0 radical (unpaired) electrons. The predicted molar refractivity (Wildman–Crippen MR) is 94.3 cm³/mol. The molecule has 1 aromatic heterocycles. The number of hydrogen-bond donors (Lipinski definition) is 1. The van der Waals surface area contributed by atoms with Gasteiger partial charge >= 0.3 is 5.97 Å². The zero-order chi connectivity index (χ0) is 17.4. The van der Waals surface area contributed by atoms with Gasteiger partial charge in [0.25, 0.3) is 5.56 Å². The summed E-state index contributed by atoms with van der Waals surface area (Å²) in [4.78, 5) is 27.9. The van der Waals surface area contributed by atoms with Crippen molar-refractivity contribution < 1.29 is 14.3 Å². The van der Waals surface area contributed by atoms with Gasteiger partial charge in [0.1, 0.15) is 11.5 Å². The average molecular weight is 335 g/mol. The molecule has 126 valence electrons. The normalized spacial score (nSPS) is 16.4. The number of hydrogen-bond acceptors (Lipinski definition) is 4. The summed E-state index contributed by atoms with van der Waals surface area (Å²) in [7, 11) is 0. The van der Waals surface area contributed by atoms with E-state index in [9.17, 15) is 9.59 Å². The Labute approximate surface area is 144 Å². The first-order valence-electron chi connectivity index (χ1n) is 8.26. The second-order valence-electron chi connectivity index (χ2n) is 5.94. The largest absolute Gasteiger partial charge is 0.494 e. The van der Waals surface area contributed by atoms with Gasteiger partial charge in [0.05, 0.1) is 24.1 Å². The van der Waals surface area contributed by atoms with Gasteiger partial charge in [0, 0.05) is 16.9 Å². The molecule has 25 heavy (non-hydrogen) atoms. The van der Waals surface area contributed by atoms with Gasteiger partial charge in [-0.2, -0.15) is 0 Å². The highest BCUT2D eigenvalue weighted by Crippen LogP contribution is 2.42. The number of aromatic nitrogens is 1. The number of ether oxygens (including phenoxy) is 2. The summed E-state index contributed by atoms with van der Waals surface area (Å²) in [6.45, 7) is 2.41. The molecule has 0 amide bonds. The molecule has 0 saturated heterocycles. The van der Waals surface area contributed by atoms with Gasteiger partial charge in [0.15, 0.2) is 0 Å². The van der Waals surface area contributed by atoms with E-state index in [1.54, 1.807) is 6.07 Å². The third-order valence-electron chi connectivity index (χ3n) is 4.44. The summed E-state index contributed by atoms with van der Waals surface area (Å²) >= 11 is 0. The Kier molecular flexibility index (Phi) is 3.76. The first-order chi connectivity index (χ1) is 12.2.